The van der Waals surface area contributed by atoms with Crippen LogP contribution in [0.1, 0.15) is 12.8 Å². The van der Waals surface area contributed by atoms with Crippen LogP contribution < -0.4 is 10.5 Å². The van der Waals surface area contributed by atoms with Gasteiger partial charge in [0.05, 0.1) is 17.2 Å². The van der Waals surface area contributed by atoms with Gasteiger partial charge in [-0.15, -0.1) is 0 Å². The lowest BCUT2D eigenvalue weighted by Crippen LogP contribution is -2.48. The second kappa shape index (κ2) is 8.43. The first-order valence-corrected chi connectivity index (χ1v) is 9.84. The zero-order chi connectivity index (χ0) is 20.2. The molecule has 0 saturated carbocycles. The molecule has 1 aliphatic rings. The summed E-state index contributed by atoms with van der Waals surface area (Å²) < 4.78 is 14.6. The largest absolute Gasteiger partial charge is 0.368 e. The summed E-state index contributed by atoms with van der Waals surface area (Å²) in [6.45, 7) is 3.22. The number of aryl methyl sites for hydroxylation is 1. The van der Waals surface area contributed by atoms with Crippen molar-refractivity contribution in [2.24, 2.45) is 0 Å². The summed E-state index contributed by atoms with van der Waals surface area (Å²) in [5.41, 5.74) is 1.58. The molecular weight excluding hydrogens is 371 g/mol. The molecule has 0 unspecified atom stereocenters. The third-order valence-electron chi connectivity index (χ3n) is 5.35. The van der Waals surface area contributed by atoms with E-state index in [9.17, 15) is 14.0 Å². The minimum atomic E-state index is -0.247. The van der Waals surface area contributed by atoms with Crippen molar-refractivity contribution in [2.45, 2.75) is 19.4 Å². The topological polar surface area (TPSA) is 58.4 Å². The number of hydrogen-bond acceptors (Lipinski definition) is 4. The van der Waals surface area contributed by atoms with Crippen LogP contribution in [-0.4, -0.2) is 46.5 Å². The number of anilines is 1. The molecule has 1 fully saturated rings. The van der Waals surface area contributed by atoms with Gasteiger partial charge in [0.15, 0.2) is 0 Å². The van der Waals surface area contributed by atoms with E-state index >= 15 is 0 Å². The highest BCUT2D eigenvalue weighted by Gasteiger charge is 2.21. The lowest BCUT2D eigenvalue weighted by atomic mass is 10.2. The highest BCUT2D eigenvalue weighted by molar-refractivity contribution is 5.77. The van der Waals surface area contributed by atoms with Gasteiger partial charge in [0.1, 0.15) is 5.82 Å². The molecule has 0 bridgehead atoms. The number of para-hydroxylation sites is 1. The Bertz CT molecular complexity index is 1060. The van der Waals surface area contributed by atoms with Gasteiger partial charge in [0, 0.05) is 44.8 Å². The minimum absolute atomic E-state index is 0.0732. The molecule has 3 aromatic rings. The van der Waals surface area contributed by atoms with Crippen LogP contribution in [-0.2, 0) is 11.3 Å². The van der Waals surface area contributed by atoms with Crippen molar-refractivity contribution < 1.29 is 9.18 Å². The lowest BCUT2D eigenvalue weighted by Gasteiger charge is -2.36. The first-order chi connectivity index (χ1) is 14.1. The van der Waals surface area contributed by atoms with Gasteiger partial charge >= 0.3 is 0 Å². The van der Waals surface area contributed by atoms with Gasteiger partial charge in [-0.2, -0.15) is 0 Å². The van der Waals surface area contributed by atoms with Gasteiger partial charge in [-0.3, -0.25) is 14.2 Å². The molecule has 2 heterocycles. The third kappa shape index (κ3) is 4.29. The Morgan fingerprint density at radius 1 is 1.00 bits per heavy atom. The molecule has 4 rings (SSSR count). The summed E-state index contributed by atoms with van der Waals surface area (Å²) in [4.78, 5) is 33.4. The molecule has 7 heteroatoms. The Morgan fingerprint density at radius 2 is 1.72 bits per heavy atom. The van der Waals surface area contributed by atoms with E-state index in [0.29, 0.717) is 43.4 Å². The van der Waals surface area contributed by atoms with Crippen LogP contribution in [0.3, 0.4) is 0 Å². The zero-order valence-electron chi connectivity index (χ0n) is 16.1. The van der Waals surface area contributed by atoms with E-state index in [1.807, 2.05) is 23.1 Å². The number of rotatable bonds is 5. The molecule has 0 atom stereocenters. The summed E-state index contributed by atoms with van der Waals surface area (Å²) >= 11 is 0. The molecule has 1 saturated heterocycles. The number of fused-ring (bicyclic) bond motifs is 1. The summed E-state index contributed by atoms with van der Waals surface area (Å²) in [5, 5.41) is 0.596. The van der Waals surface area contributed by atoms with E-state index < -0.39 is 0 Å². The molecule has 1 aromatic heterocycles. The van der Waals surface area contributed by atoms with Crippen molar-refractivity contribution in [3.8, 4) is 0 Å². The Labute approximate surface area is 168 Å². The highest BCUT2D eigenvalue weighted by Crippen LogP contribution is 2.17. The first-order valence-electron chi connectivity index (χ1n) is 9.84. The molecule has 1 amide bonds. The predicted octanol–water partition coefficient (Wildman–Crippen LogP) is 2.66. The molecule has 2 aromatic carbocycles. The zero-order valence-corrected chi connectivity index (χ0v) is 16.1. The monoisotopic (exact) mass is 394 g/mol. The van der Waals surface area contributed by atoms with Crippen molar-refractivity contribution in [3.05, 3.63) is 71.0 Å². The maximum atomic E-state index is 13.1. The molecule has 6 nitrogen and oxygen atoms in total. The van der Waals surface area contributed by atoms with Gasteiger partial charge in [-0.25, -0.2) is 9.37 Å². The highest BCUT2D eigenvalue weighted by atomic mass is 19.1. The van der Waals surface area contributed by atoms with Crippen molar-refractivity contribution in [3.63, 3.8) is 0 Å². The van der Waals surface area contributed by atoms with Crippen molar-refractivity contribution >= 4 is 22.5 Å². The lowest BCUT2D eigenvalue weighted by molar-refractivity contribution is -0.131. The molecule has 29 heavy (non-hydrogen) atoms. The maximum Gasteiger partial charge on any atom is 0.261 e. The van der Waals surface area contributed by atoms with Crippen molar-refractivity contribution in [2.75, 3.05) is 31.1 Å². The second-order valence-corrected chi connectivity index (χ2v) is 7.21. The number of carbonyl (C=O) groups excluding carboxylic acids is 1. The third-order valence-corrected chi connectivity index (χ3v) is 5.35. The number of halogens is 1. The molecule has 0 spiro atoms. The van der Waals surface area contributed by atoms with Gasteiger partial charge in [-0.1, -0.05) is 12.1 Å². The van der Waals surface area contributed by atoms with Gasteiger partial charge < -0.3 is 9.80 Å². The minimum Gasteiger partial charge on any atom is -0.368 e. The Kier molecular flexibility index (Phi) is 5.55. The molecule has 0 aliphatic carbocycles. The fourth-order valence-corrected chi connectivity index (χ4v) is 3.69. The summed E-state index contributed by atoms with van der Waals surface area (Å²) in [5.74, 6) is -0.145. The standard InChI is InChI=1S/C22H23FN4O2/c23-17-7-9-18(10-8-17)25-12-14-26(15-13-25)21(28)6-3-11-27-16-24-20-5-2-1-4-19(20)22(27)29/h1-2,4-5,7-10,16H,3,6,11-15H2. The SMILES string of the molecule is O=C(CCCn1cnc2ccccc2c1=O)N1CCN(c2ccc(F)cc2)CC1. The van der Waals surface area contributed by atoms with Crippen LogP contribution in [0.4, 0.5) is 10.1 Å². The van der Waals surface area contributed by atoms with E-state index in [-0.39, 0.29) is 17.3 Å². The Balaban J connectivity index is 1.28. The van der Waals surface area contributed by atoms with E-state index in [0.717, 1.165) is 18.8 Å². The van der Waals surface area contributed by atoms with Gasteiger partial charge in [0.2, 0.25) is 5.91 Å². The van der Waals surface area contributed by atoms with Crippen LogP contribution in [0.5, 0.6) is 0 Å². The van der Waals surface area contributed by atoms with Crippen LogP contribution in [0.2, 0.25) is 0 Å². The van der Waals surface area contributed by atoms with Crippen LogP contribution in [0, 0.1) is 5.82 Å². The number of amides is 1. The van der Waals surface area contributed by atoms with Gasteiger partial charge in [0.25, 0.3) is 5.56 Å². The van der Waals surface area contributed by atoms with Crippen molar-refractivity contribution in [1.82, 2.24) is 14.5 Å². The normalized spacial score (nSPS) is 14.4. The number of nitrogens with zero attached hydrogens (tertiary/aromatic N) is 4. The second-order valence-electron chi connectivity index (χ2n) is 7.21. The molecule has 150 valence electrons. The average molecular weight is 394 g/mol. The number of piperazine rings is 1. The molecular formula is C22H23FN4O2. The van der Waals surface area contributed by atoms with E-state index in [4.69, 9.17) is 0 Å². The van der Waals surface area contributed by atoms with E-state index in [1.54, 1.807) is 29.1 Å². The van der Waals surface area contributed by atoms with Crippen LogP contribution in [0.25, 0.3) is 10.9 Å². The quantitative estimate of drug-likeness (QED) is 0.668. The van der Waals surface area contributed by atoms with E-state index in [2.05, 4.69) is 9.88 Å². The molecule has 0 radical (unpaired) electrons. The van der Waals surface area contributed by atoms with Crippen LogP contribution in [0.15, 0.2) is 59.7 Å². The first kappa shape index (κ1) is 19.1. The number of carbonyl (C=O) groups is 1. The van der Waals surface area contributed by atoms with E-state index in [1.165, 1.54) is 12.1 Å². The predicted molar refractivity (Wildman–Crippen MR) is 110 cm³/mol. The van der Waals surface area contributed by atoms with Crippen LogP contribution >= 0.6 is 0 Å². The summed E-state index contributed by atoms with van der Waals surface area (Å²) in [7, 11) is 0. The molecule has 0 N–H and O–H groups in total. The number of benzene rings is 2. The summed E-state index contributed by atoms with van der Waals surface area (Å²) in [6.07, 6.45) is 2.55. The fourth-order valence-electron chi connectivity index (χ4n) is 3.69. The van der Waals surface area contributed by atoms with Crippen molar-refractivity contribution in [1.29, 1.82) is 0 Å². The smallest absolute Gasteiger partial charge is 0.261 e. The average Bonchev–Trinajstić information content (AvgIpc) is 2.76. The fraction of sp³-hybridized carbons (Fsp3) is 0.318. The maximum absolute atomic E-state index is 13.1. The summed E-state index contributed by atoms with van der Waals surface area (Å²) in [6, 6.07) is 13.7. The molecule has 1 aliphatic heterocycles. The Morgan fingerprint density at radius 3 is 2.48 bits per heavy atom. The van der Waals surface area contributed by atoms with Gasteiger partial charge in [-0.05, 0) is 42.8 Å². The number of hydrogen-bond donors (Lipinski definition) is 0. The number of aromatic nitrogens is 2. The Hall–Kier alpha value is -3.22.